The maximum Gasteiger partial charge on any atom is 0.511 e. The normalized spacial score (nSPS) is 24.9. The molecule has 1 N–H and O–H groups in total. The lowest BCUT2D eigenvalue weighted by Gasteiger charge is -2.46. The molecule has 2 fully saturated rings. The zero-order chi connectivity index (χ0) is 35.3. The smallest absolute Gasteiger partial charge is 0.431 e. The van der Waals surface area contributed by atoms with Gasteiger partial charge in [0, 0.05) is 43.6 Å². The Labute approximate surface area is 279 Å². The van der Waals surface area contributed by atoms with Gasteiger partial charge in [-0.2, -0.15) is 0 Å². The molecule has 0 aromatic heterocycles. The molecule has 0 radical (unpaired) electrons. The molecule has 3 amide bonds. The lowest BCUT2D eigenvalue weighted by Crippen LogP contribution is -2.63. The van der Waals surface area contributed by atoms with Gasteiger partial charge in [-0.25, -0.2) is 14.4 Å². The number of β-lactam (4-membered cyclic amide) rings is 1. The van der Waals surface area contributed by atoms with Gasteiger partial charge < -0.3 is 38.6 Å². The minimum absolute atomic E-state index is 0.0459. The zero-order valence-corrected chi connectivity index (χ0v) is 29.2. The van der Waals surface area contributed by atoms with Crippen LogP contribution in [-0.4, -0.2) is 119 Å². The predicted molar refractivity (Wildman–Crippen MR) is 167 cm³/mol. The van der Waals surface area contributed by atoms with Crippen molar-refractivity contribution < 1.29 is 57.6 Å². The number of carbonyl (C=O) groups excluding carboxylic acids is 6. The average molecular weight is 686 g/mol. The van der Waals surface area contributed by atoms with Gasteiger partial charge in [0.1, 0.15) is 17.8 Å². The van der Waals surface area contributed by atoms with Gasteiger partial charge in [0.15, 0.2) is 0 Å². The van der Waals surface area contributed by atoms with Gasteiger partial charge in [0.05, 0.1) is 24.0 Å². The molecule has 0 saturated carbocycles. The Morgan fingerprint density at radius 2 is 1.64 bits per heavy atom. The fourth-order valence-corrected chi connectivity index (χ4v) is 7.36. The molecular formula is C31H47N3O12S. The minimum Gasteiger partial charge on any atom is -0.431 e. The van der Waals surface area contributed by atoms with Crippen LogP contribution < -0.4 is 0 Å². The Hall–Kier alpha value is -3.53. The molecule has 3 rings (SSSR count). The summed E-state index contributed by atoms with van der Waals surface area (Å²) in [6, 6.07) is -1.43. The van der Waals surface area contributed by atoms with E-state index in [2.05, 4.69) is 0 Å². The van der Waals surface area contributed by atoms with E-state index in [1.165, 1.54) is 40.3 Å². The van der Waals surface area contributed by atoms with E-state index in [1.54, 1.807) is 27.9 Å². The van der Waals surface area contributed by atoms with E-state index in [0.29, 0.717) is 17.7 Å². The molecule has 16 heteroatoms. The summed E-state index contributed by atoms with van der Waals surface area (Å²) in [7, 11) is 3.12. The lowest BCUT2D eigenvalue weighted by molar-refractivity contribution is -0.174. The molecule has 3 heterocycles. The Bertz CT molecular complexity index is 1250. The van der Waals surface area contributed by atoms with E-state index in [4.69, 9.17) is 23.7 Å². The van der Waals surface area contributed by atoms with Crippen LogP contribution >= 0.6 is 11.8 Å². The van der Waals surface area contributed by atoms with E-state index < -0.39 is 84.4 Å². The first kappa shape index (κ1) is 37.9. The molecule has 2 saturated heterocycles. The van der Waals surface area contributed by atoms with Crippen LogP contribution in [0.1, 0.15) is 67.7 Å². The highest BCUT2D eigenvalue weighted by molar-refractivity contribution is 8.03. The summed E-state index contributed by atoms with van der Waals surface area (Å²) >= 11 is 1.23. The first-order valence-electron chi connectivity index (χ1n) is 15.8. The number of esters is 2. The van der Waals surface area contributed by atoms with Gasteiger partial charge in [0.2, 0.25) is 24.9 Å². The molecule has 3 aliphatic rings. The summed E-state index contributed by atoms with van der Waals surface area (Å²) in [5.74, 6) is -3.84. The van der Waals surface area contributed by atoms with Crippen LogP contribution in [0, 0.1) is 17.8 Å². The van der Waals surface area contributed by atoms with Crippen molar-refractivity contribution in [2.75, 3.05) is 27.4 Å². The number of aliphatic hydroxyl groups excluding tert-OH is 1. The van der Waals surface area contributed by atoms with Gasteiger partial charge >= 0.3 is 24.2 Å². The highest BCUT2D eigenvalue weighted by Gasteiger charge is 2.61. The summed E-state index contributed by atoms with van der Waals surface area (Å²) < 4.78 is 25.9. The second kappa shape index (κ2) is 16.0. The van der Waals surface area contributed by atoms with E-state index >= 15 is 0 Å². The topological polar surface area (TPSA) is 179 Å². The molecule has 0 aliphatic carbocycles. The number of likely N-dealkylation sites (N-methyl/N-ethyl adjacent to an activating group) is 1. The summed E-state index contributed by atoms with van der Waals surface area (Å²) in [6.45, 7) is 11.1. The van der Waals surface area contributed by atoms with Crippen LogP contribution in [0.15, 0.2) is 10.6 Å². The molecule has 7 atom stereocenters. The van der Waals surface area contributed by atoms with Crippen LogP contribution in [0.3, 0.4) is 0 Å². The van der Waals surface area contributed by atoms with Crippen LogP contribution in [-0.2, 0) is 42.9 Å². The summed E-state index contributed by atoms with van der Waals surface area (Å²) in [6.07, 6.45) is -3.16. The molecule has 0 bridgehead atoms. The molecule has 5 unspecified atom stereocenters. The number of rotatable bonds is 13. The van der Waals surface area contributed by atoms with Crippen molar-refractivity contribution in [1.82, 2.24) is 14.7 Å². The molecule has 0 aromatic carbocycles. The van der Waals surface area contributed by atoms with Crippen molar-refractivity contribution in [2.24, 2.45) is 17.8 Å². The van der Waals surface area contributed by atoms with Gasteiger partial charge in [-0.3, -0.25) is 19.3 Å². The van der Waals surface area contributed by atoms with E-state index in [1.807, 2.05) is 20.8 Å². The highest BCUT2D eigenvalue weighted by Crippen LogP contribution is 2.52. The van der Waals surface area contributed by atoms with Crippen molar-refractivity contribution in [3.8, 4) is 0 Å². The molecule has 47 heavy (non-hydrogen) atoms. The number of thioether (sulfide) groups is 1. The Morgan fingerprint density at radius 3 is 2.19 bits per heavy atom. The number of amides is 3. The predicted octanol–water partition coefficient (Wildman–Crippen LogP) is 2.84. The molecule has 15 nitrogen and oxygen atoms in total. The van der Waals surface area contributed by atoms with Crippen molar-refractivity contribution in [2.45, 2.75) is 104 Å². The average Bonchev–Trinajstić information content (AvgIpc) is 3.52. The Kier molecular flexibility index (Phi) is 12.9. The fraction of sp³-hybridized carbons (Fsp3) is 0.742. The van der Waals surface area contributed by atoms with Crippen LogP contribution in [0.4, 0.5) is 9.59 Å². The van der Waals surface area contributed by atoms with Crippen molar-refractivity contribution in [1.29, 1.82) is 0 Å². The third kappa shape index (κ3) is 8.50. The SMILES string of the molecule is CCC(CC)OC(=O)OC(C)OC(=O)C1=C(SC2CC(C(=O)N(C)C)N(C(=O)OCOC(=O)C(C)C)C2)[C@H](C)C2C([C@@H](C)O)C(=O)N12. The Balaban J connectivity index is 1.83. The third-order valence-corrected chi connectivity index (χ3v) is 9.88. The second-order valence-electron chi connectivity index (χ2n) is 12.4. The van der Waals surface area contributed by atoms with Gasteiger partial charge in [0.25, 0.3) is 0 Å². The molecule has 3 aliphatic heterocycles. The van der Waals surface area contributed by atoms with Gasteiger partial charge in [-0.05, 0) is 26.2 Å². The first-order chi connectivity index (χ1) is 22.0. The quantitative estimate of drug-likeness (QED) is 0.130. The number of fused-ring (bicyclic) bond motifs is 1. The van der Waals surface area contributed by atoms with Crippen molar-refractivity contribution >= 4 is 47.8 Å². The second-order valence-corrected chi connectivity index (χ2v) is 13.7. The van der Waals surface area contributed by atoms with Crippen LogP contribution in [0.25, 0.3) is 0 Å². The third-order valence-electron chi connectivity index (χ3n) is 8.38. The van der Waals surface area contributed by atoms with E-state index in [-0.39, 0.29) is 30.7 Å². The summed E-state index contributed by atoms with van der Waals surface area (Å²) in [5, 5.41) is 9.93. The molecular weight excluding hydrogens is 638 g/mol. The number of nitrogens with zero attached hydrogens (tertiary/aromatic N) is 3. The maximum absolute atomic E-state index is 13.6. The van der Waals surface area contributed by atoms with Crippen molar-refractivity contribution in [3.05, 3.63) is 10.6 Å². The van der Waals surface area contributed by atoms with Crippen LogP contribution in [0.2, 0.25) is 0 Å². The number of ether oxygens (including phenoxy) is 5. The monoisotopic (exact) mass is 685 g/mol. The van der Waals surface area contributed by atoms with Gasteiger partial charge in [-0.15, -0.1) is 11.8 Å². The molecule has 0 spiro atoms. The zero-order valence-electron chi connectivity index (χ0n) is 28.4. The number of hydrogen-bond acceptors (Lipinski definition) is 13. The van der Waals surface area contributed by atoms with E-state index in [9.17, 15) is 33.9 Å². The van der Waals surface area contributed by atoms with Crippen LogP contribution in [0.5, 0.6) is 0 Å². The Morgan fingerprint density at radius 1 is 1.00 bits per heavy atom. The fourth-order valence-electron chi connectivity index (χ4n) is 5.84. The number of hydrogen-bond donors (Lipinski definition) is 1. The highest BCUT2D eigenvalue weighted by atomic mass is 32.2. The minimum atomic E-state index is -1.34. The number of likely N-dealkylation sites (tertiary alicyclic amines) is 1. The van der Waals surface area contributed by atoms with E-state index in [0.717, 1.165) is 0 Å². The number of aliphatic hydroxyl groups is 1. The summed E-state index contributed by atoms with van der Waals surface area (Å²) in [4.78, 5) is 81.4. The standard InChI is InChI=1S/C31H47N3O12S/c1-10-19(11-2)46-31(41)45-18(7)44-29(39)24-25(16(5)23-22(17(6)35)27(37)34(23)24)47-20-12-21(26(36)32(8)9)33(13-20)30(40)43-14-42-28(38)15(3)4/h15-23,35H,10-14H2,1-9H3/t16-,17-,18?,20?,21?,22?,23?/m1/s1. The van der Waals surface area contributed by atoms with Gasteiger partial charge in [-0.1, -0.05) is 34.6 Å². The maximum atomic E-state index is 13.6. The molecule has 264 valence electrons. The molecule has 0 aromatic rings. The summed E-state index contributed by atoms with van der Waals surface area (Å²) in [5.41, 5.74) is -0.0460. The van der Waals surface area contributed by atoms with Crippen molar-refractivity contribution in [3.63, 3.8) is 0 Å². The number of carbonyl (C=O) groups is 6. The first-order valence-corrected chi connectivity index (χ1v) is 16.7. The largest absolute Gasteiger partial charge is 0.511 e. The lowest BCUT2D eigenvalue weighted by atomic mass is 9.79.